The third kappa shape index (κ3) is 3.27. The van der Waals surface area contributed by atoms with Gasteiger partial charge in [0.2, 0.25) is 0 Å². The average Bonchev–Trinajstić information content (AvgIpc) is 3.42. The van der Waals surface area contributed by atoms with Crippen LogP contribution in [0.5, 0.6) is 0 Å². The maximum absolute atomic E-state index is 12.9. The largest absolute Gasteiger partial charge is 0.357 e. The summed E-state index contributed by atoms with van der Waals surface area (Å²) < 4.78 is 0. The molecule has 0 aliphatic carbocycles. The number of nitrogens with one attached hydrogen (secondary N) is 1. The summed E-state index contributed by atoms with van der Waals surface area (Å²) in [6.45, 7) is 1.90. The molecule has 2 aliphatic rings. The molecule has 4 rings (SSSR count). The molecule has 7 heteroatoms. The van der Waals surface area contributed by atoms with E-state index in [1.165, 1.54) is 0 Å². The van der Waals surface area contributed by atoms with Crippen LogP contribution in [0.4, 0.5) is 0 Å². The van der Waals surface area contributed by atoms with Gasteiger partial charge < -0.3 is 19.7 Å². The second kappa shape index (κ2) is 7.13. The SMILES string of the molecule is CN(C)Cc1c[nH]c(C(=O)N2C[C@@H]3C[C@H]2CN3C(=O)c2ccc(C#N)cc2)c1. The molecule has 2 fully saturated rings. The Balaban J connectivity index is 1.42. The fraction of sp³-hybridized carbons (Fsp3) is 0.381. The minimum Gasteiger partial charge on any atom is -0.357 e. The second-order valence-corrected chi connectivity index (χ2v) is 7.81. The molecule has 2 bridgehead atoms. The predicted octanol–water partition coefficient (Wildman–Crippen LogP) is 1.69. The van der Waals surface area contributed by atoms with E-state index in [2.05, 4.69) is 16.0 Å². The van der Waals surface area contributed by atoms with Crippen molar-refractivity contribution < 1.29 is 9.59 Å². The predicted molar refractivity (Wildman–Crippen MR) is 104 cm³/mol. The Bertz CT molecular complexity index is 940. The van der Waals surface area contributed by atoms with Crippen molar-refractivity contribution >= 4 is 11.8 Å². The number of H-pyrrole nitrogens is 1. The fourth-order valence-corrected chi connectivity index (χ4v) is 4.19. The fourth-order valence-electron chi connectivity index (χ4n) is 4.19. The van der Waals surface area contributed by atoms with Gasteiger partial charge in [0.05, 0.1) is 23.7 Å². The topological polar surface area (TPSA) is 83.4 Å². The summed E-state index contributed by atoms with van der Waals surface area (Å²) in [5, 5.41) is 8.90. The van der Waals surface area contributed by atoms with Crippen molar-refractivity contribution in [1.29, 1.82) is 5.26 Å². The van der Waals surface area contributed by atoms with Gasteiger partial charge in [-0.05, 0) is 56.4 Å². The summed E-state index contributed by atoms with van der Waals surface area (Å²) in [4.78, 5) is 34.6. The van der Waals surface area contributed by atoms with Crippen molar-refractivity contribution in [1.82, 2.24) is 19.7 Å². The quantitative estimate of drug-likeness (QED) is 0.879. The number of hydrogen-bond donors (Lipinski definition) is 1. The van der Waals surface area contributed by atoms with E-state index in [0.29, 0.717) is 29.9 Å². The normalized spacial score (nSPS) is 20.6. The van der Waals surface area contributed by atoms with E-state index >= 15 is 0 Å². The third-order valence-electron chi connectivity index (χ3n) is 5.50. The molecule has 2 amide bonds. The first-order valence-corrected chi connectivity index (χ1v) is 9.40. The molecule has 1 N–H and O–H groups in total. The molecule has 2 aromatic rings. The summed E-state index contributed by atoms with van der Waals surface area (Å²) in [5.74, 6) is -0.0276. The van der Waals surface area contributed by atoms with Crippen molar-refractivity contribution in [2.24, 2.45) is 0 Å². The number of piperazine rings is 1. The van der Waals surface area contributed by atoms with E-state index in [0.717, 1.165) is 18.5 Å². The molecule has 1 aromatic heterocycles. The van der Waals surface area contributed by atoms with E-state index in [-0.39, 0.29) is 23.9 Å². The number of nitriles is 1. The summed E-state index contributed by atoms with van der Waals surface area (Å²) in [6.07, 6.45) is 2.70. The lowest BCUT2D eigenvalue weighted by Crippen LogP contribution is -2.50. The molecular weight excluding hydrogens is 354 g/mol. The number of fused-ring (bicyclic) bond motifs is 2. The Kier molecular flexibility index (Phi) is 4.65. The highest BCUT2D eigenvalue weighted by Gasteiger charge is 2.47. The van der Waals surface area contributed by atoms with Gasteiger partial charge in [-0.15, -0.1) is 0 Å². The van der Waals surface area contributed by atoms with Gasteiger partial charge in [-0.25, -0.2) is 0 Å². The Labute approximate surface area is 164 Å². The average molecular weight is 377 g/mol. The molecule has 0 radical (unpaired) electrons. The third-order valence-corrected chi connectivity index (χ3v) is 5.50. The van der Waals surface area contributed by atoms with Gasteiger partial charge in [0.1, 0.15) is 5.69 Å². The molecule has 0 unspecified atom stereocenters. The van der Waals surface area contributed by atoms with Crippen molar-refractivity contribution in [3.05, 3.63) is 58.9 Å². The maximum Gasteiger partial charge on any atom is 0.270 e. The van der Waals surface area contributed by atoms with Crippen LogP contribution in [-0.4, -0.2) is 70.8 Å². The lowest BCUT2D eigenvalue weighted by atomic mass is 10.1. The van der Waals surface area contributed by atoms with Gasteiger partial charge in [0.25, 0.3) is 11.8 Å². The van der Waals surface area contributed by atoms with Crippen LogP contribution >= 0.6 is 0 Å². The van der Waals surface area contributed by atoms with E-state index < -0.39 is 0 Å². The van der Waals surface area contributed by atoms with Crippen LogP contribution in [0.3, 0.4) is 0 Å². The first kappa shape index (κ1) is 18.3. The van der Waals surface area contributed by atoms with Crippen molar-refractivity contribution in [2.75, 3.05) is 27.2 Å². The van der Waals surface area contributed by atoms with Gasteiger partial charge in [0.15, 0.2) is 0 Å². The van der Waals surface area contributed by atoms with Crippen LogP contribution in [0.2, 0.25) is 0 Å². The van der Waals surface area contributed by atoms with Crippen LogP contribution in [0.25, 0.3) is 0 Å². The lowest BCUT2D eigenvalue weighted by Gasteiger charge is -2.34. The van der Waals surface area contributed by atoms with E-state index in [1.54, 1.807) is 24.3 Å². The molecular formula is C21H23N5O2. The molecule has 144 valence electrons. The molecule has 2 saturated heterocycles. The summed E-state index contributed by atoms with van der Waals surface area (Å²) in [6, 6.07) is 10.8. The number of carbonyl (C=O) groups is 2. The standard InChI is InChI=1S/C21H23N5O2/c1-24(2)11-15-7-19(23-10-15)21(28)26-13-17-8-18(26)12-25(17)20(27)16-5-3-14(9-22)4-6-16/h3-7,10,17-18,23H,8,11-13H2,1-2H3/t17-,18-/m0/s1. The number of benzene rings is 1. The van der Waals surface area contributed by atoms with Gasteiger partial charge in [-0.3, -0.25) is 9.59 Å². The second-order valence-electron chi connectivity index (χ2n) is 7.81. The Morgan fingerprint density at radius 2 is 1.79 bits per heavy atom. The lowest BCUT2D eigenvalue weighted by molar-refractivity contribution is 0.0524. The molecule has 2 aliphatic heterocycles. The molecule has 28 heavy (non-hydrogen) atoms. The van der Waals surface area contributed by atoms with Gasteiger partial charge >= 0.3 is 0 Å². The van der Waals surface area contributed by atoms with E-state index in [9.17, 15) is 9.59 Å². The minimum absolute atomic E-state index is 0.00276. The number of carbonyl (C=O) groups excluding carboxylic acids is 2. The van der Waals surface area contributed by atoms with E-state index in [1.807, 2.05) is 36.2 Å². The molecule has 0 spiro atoms. The number of hydrogen-bond acceptors (Lipinski definition) is 4. The van der Waals surface area contributed by atoms with Gasteiger partial charge in [-0.2, -0.15) is 5.26 Å². The van der Waals surface area contributed by atoms with Gasteiger partial charge in [-0.1, -0.05) is 0 Å². The number of rotatable bonds is 4. The Hall–Kier alpha value is -3.11. The van der Waals surface area contributed by atoms with Crippen LogP contribution in [0, 0.1) is 11.3 Å². The molecule has 3 heterocycles. The first-order chi connectivity index (χ1) is 13.5. The number of likely N-dealkylation sites (tertiary alicyclic amines) is 2. The summed E-state index contributed by atoms with van der Waals surface area (Å²) in [7, 11) is 3.99. The number of nitrogens with zero attached hydrogens (tertiary/aromatic N) is 4. The van der Waals surface area contributed by atoms with Crippen LogP contribution < -0.4 is 0 Å². The number of amides is 2. The van der Waals surface area contributed by atoms with Crippen LogP contribution in [-0.2, 0) is 6.54 Å². The zero-order valence-corrected chi connectivity index (χ0v) is 16.1. The Morgan fingerprint density at radius 1 is 1.14 bits per heavy atom. The number of aromatic nitrogens is 1. The highest BCUT2D eigenvalue weighted by atomic mass is 16.2. The first-order valence-electron chi connectivity index (χ1n) is 9.40. The smallest absolute Gasteiger partial charge is 0.270 e. The molecule has 0 saturated carbocycles. The zero-order chi connectivity index (χ0) is 19.8. The van der Waals surface area contributed by atoms with Crippen LogP contribution in [0.1, 0.15) is 38.4 Å². The van der Waals surface area contributed by atoms with Gasteiger partial charge in [0, 0.05) is 31.4 Å². The number of aromatic amines is 1. The van der Waals surface area contributed by atoms with Crippen LogP contribution in [0.15, 0.2) is 36.5 Å². The summed E-state index contributed by atoms with van der Waals surface area (Å²) in [5.41, 5.74) is 2.81. The highest BCUT2D eigenvalue weighted by molar-refractivity contribution is 5.96. The molecule has 7 nitrogen and oxygen atoms in total. The zero-order valence-electron chi connectivity index (χ0n) is 16.1. The van der Waals surface area contributed by atoms with Crippen molar-refractivity contribution in [3.8, 4) is 6.07 Å². The molecule has 2 atom stereocenters. The minimum atomic E-state index is -0.0303. The highest BCUT2D eigenvalue weighted by Crippen LogP contribution is 2.33. The monoisotopic (exact) mass is 377 g/mol. The summed E-state index contributed by atoms with van der Waals surface area (Å²) >= 11 is 0. The molecule has 1 aromatic carbocycles. The Morgan fingerprint density at radius 3 is 2.36 bits per heavy atom. The maximum atomic E-state index is 12.9. The van der Waals surface area contributed by atoms with E-state index in [4.69, 9.17) is 5.26 Å². The van der Waals surface area contributed by atoms with Crippen molar-refractivity contribution in [3.63, 3.8) is 0 Å². The van der Waals surface area contributed by atoms with Crippen molar-refractivity contribution in [2.45, 2.75) is 25.0 Å².